The Morgan fingerprint density at radius 2 is 2.11 bits per heavy atom. The minimum atomic E-state index is -0.414. The Morgan fingerprint density at radius 3 is 2.89 bits per heavy atom. The number of halogens is 1. The summed E-state index contributed by atoms with van der Waals surface area (Å²) in [6.45, 7) is 0. The molecule has 1 aromatic heterocycles. The van der Waals surface area contributed by atoms with Crippen molar-refractivity contribution in [1.29, 1.82) is 0 Å². The summed E-state index contributed by atoms with van der Waals surface area (Å²) < 4.78 is 0.911. The average molecular weight is 320 g/mol. The molecule has 1 fully saturated rings. The van der Waals surface area contributed by atoms with E-state index in [0.29, 0.717) is 18.5 Å². The Morgan fingerprint density at radius 1 is 1.26 bits per heavy atom. The SMILES string of the molecule is O=C1CCC(c2nncc3c(Br)cccc23)C(=O)N1. The van der Waals surface area contributed by atoms with Gasteiger partial charge >= 0.3 is 0 Å². The van der Waals surface area contributed by atoms with Crippen molar-refractivity contribution in [1.82, 2.24) is 15.5 Å². The second-order valence-corrected chi connectivity index (χ2v) is 5.29. The van der Waals surface area contributed by atoms with Gasteiger partial charge in [0.25, 0.3) is 0 Å². The first kappa shape index (κ1) is 12.2. The lowest BCUT2D eigenvalue weighted by Crippen LogP contribution is -2.39. The summed E-state index contributed by atoms with van der Waals surface area (Å²) in [5.41, 5.74) is 0.629. The van der Waals surface area contributed by atoms with Gasteiger partial charge in [-0.2, -0.15) is 10.2 Å². The summed E-state index contributed by atoms with van der Waals surface area (Å²) in [4.78, 5) is 23.1. The number of rotatable bonds is 1. The van der Waals surface area contributed by atoms with Crippen LogP contribution in [-0.2, 0) is 9.59 Å². The van der Waals surface area contributed by atoms with Crippen LogP contribution in [0.1, 0.15) is 24.5 Å². The number of hydrogen-bond donors (Lipinski definition) is 1. The number of benzene rings is 1. The number of imide groups is 1. The highest BCUT2D eigenvalue weighted by Crippen LogP contribution is 2.31. The van der Waals surface area contributed by atoms with Gasteiger partial charge in [0, 0.05) is 21.7 Å². The van der Waals surface area contributed by atoms with E-state index in [-0.39, 0.29) is 11.8 Å². The van der Waals surface area contributed by atoms with Gasteiger partial charge in [0.05, 0.1) is 17.8 Å². The molecule has 0 spiro atoms. The van der Waals surface area contributed by atoms with Crippen molar-refractivity contribution in [2.45, 2.75) is 18.8 Å². The van der Waals surface area contributed by atoms with Crippen molar-refractivity contribution in [3.05, 3.63) is 34.6 Å². The summed E-state index contributed by atoms with van der Waals surface area (Å²) in [5.74, 6) is -0.933. The second-order valence-electron chi connectivity index (χ2n) is 4.43. The largest absolute Gasteiger partial charge is 0.296 e. The molecule has 1 atom stereocenters. The van der Waals surface area contributed by atoms with Gasteiger partial charge in [-0.15, -0.1) is 0 Å². The molecule has 1 saturated heterocycles. The molecule has 1 N–H and O–H groups in total. The van der Waals surface area contributed by atoms with E-state index in [9.17, 15) is 9.59 Å². The maximum Gasteiger partial charge on any atom is 0.235 e. The maximum atomic E-state index is 11.9. The van der Waals surface area contributed by atoms with E-state index in [2.05, 4.69) is 31.4 Å². The topological polar surface area (TPSA) is 72.0 Å². The van der Waals surface area contributed by atoms with Crippen molar-refractivity contribution in [2.24, 2.45) is 0 Å². The van der Waals surface area contributed by atoms with Crippen LogP contribution in [0.25, 0.3) is 10.8 Å². The van der Waals surface area contributed by atoms with Crippen LogP contribution in [0.15, 0.2) is 28.9 Å². The molecule has 1 aliphatic rings. The zero-order valence-electron chi connectivity index (χ0n) is 9.89. The predicted octanol–water partition coefficient (Wildman–Crippen LogP) is 1.91. The number of fused-ring (bicyclic) bond motifs is 1. The van der Waals surface area contributed by atoms with Gasteiger partial charge in [0.15, 0.2) is 0 Å². The molecule has 2 heterocycles. The third kappa shape index (κ3) is 2.12. The Bertz CT molecular complexity index is 687. The van der Waals surface area contributed by atoms with Crippen molar-refractivity contribution >= 4 is 38.5 Å². The normalized spacial score (nSPS) is 19.5. The summed E-state index contributed by atoms with van der Waals surface area (Å²) in [6.07, 6.45) is 2.47. The van der Waals surface area contributed by atoms with Gasteiger partial charge in [-0.25, -0.2) is 0 Å². The Balaban J connectivity index is 2.13. The summed E-state index contributed by atoms with van der Waals surface area (Å²) in [5, 5.41) is 12.2. The number of carbonyl (C=O) groups excluding carboxylic acids is 2. The van der Waals surface area contributed by atoms with Crippen LogP contribution in [0, 0.1) is 0 Å². The lowest BCUT2D eigenvalue weighted by atomic mass is 9.92. The fourth-order valence-electron chi connectivity index (χ4n) is 2.31. The molecular formula is C13H10BrN3O2. The van der Waals surface area contributed by atoms with Gasteiger partial charge < -0.3 is 0 Å². The van der Waals surface area contributed by atoms with Crippen LogP contribution in [-0.4, -0.2) is 22.0 Å². The number of nitrogens with one attached hydrogen (secondary N) is 1. The standard InChI is InChI=1S/C13H10BrN3O2/c14-10-3-1-2-7-9(10)6-15-17-12(7)8-4-5-11(18)16-13(8)19/h1-3,6,8H,4-5H2,(H,16,18,19). The fraction of sp³-hybridized carbons (Fsp3) is 0.231. The van der Waals surface area contributed by atoms with Crippen LogP contribution in [0.3, 0.4) is 0 Å². The quantitative estimate of drug-likeness (QED) is 0.815. The first-order valence-electron chi connectivity index (χ1n) is 5.90. The van der Waals surface area contributed by atoms with E-state index in [0.717, 1.165) is 15.2 Å². The molecule has 0 radical (unpaired) electrons. The van der Waals surface area contributed by atoms with Crippen LogP contribution in [0.4, 0.5) is 0 Å². The molecule has 1 aromatic carbocycles. The first-order chi connectivity index (χ1) is 9.16. The number of hydrogen-bond acceptors (Lipinski definition) is 4. The molecule has 0 saturated carbocycles. The number of nitrogens with zero attached hydrogens (tertiary/aromatic N) is 2. The summed E-state index contributed by atoms with van der Waals surface area (Å²) in [6, 6.07) is 5.72. The van der Waals surface area contributed by atoms with E-state index < -0.39 is 5.92 Å². The summed E-state index contributed by atoms with van der Waals surface area (Å²) in [7, 11) is 0. The van der Waals surface area contributed by atoms with Crippen LogP contribution >= 0.6 is 15.9 Å². The van der Waals surface area contributed by atoms with Gasteiger partial charge in [-0.05, 0) is 12.5 Å². The monoisotopic (exact) mass is 319 g/mol. The van der Waals surface area contributed by atoms with E-state index in [4.69, 9.17) is 0 Å². The third-order valence-corrected chi connectivity index (χ3v) is 3.94. The van der Waals surface area contributed by atoms with E-state index in [1.807, 2.05) is 18.2 Å². The fourth-order valence-corrected chi connectivity index (χ4v) is 2.77. The van der Waals surface area contributed by atoms with E-state index >= 15 is 0 Å². The molecule has 6 heteroatoms. The number of carbonyl (C=O) groups is 2. The molecule has 1 unspecified atom stereocenters. The Kier molecular flexibility index (Phi) is 3.02. The number of piperidine rings is 1. The minimum Gasteiger partial charge on any atom is -0.296 e. The van der Waals surface area contributed by atoms with Gasteiger partial charge in [0.1, 0.15) is 0 Å². The van der Waals surface area contributed by atoms with Gasteiger partial charge in [-0.3, -0.25) is 14.9 Å². The van der Waals surface area contributed by atoms with Crippen LogP contribution in [0.5, 0.6) is 0 Å². The van der Waals surface area contributed by atoms with Crippen molar-refractivity contribution in [3.8, 4) is 0 Å². The van der Waals surface area contributed by atoms with Gasteiger partial charge in [0.2, 0.25) is 11.8 Å². The minimum absolute atomic E-state index is 0.226. The molecular weight excluding hydrogens is 310 g/mol. The average Bonchev–Trinajstić information content (AvgIpc) is 2.39. The van der Waals surface area contributed by atoms with Crippen molar-refractivity contribution in [3.63, 3.8) is 0 Å². The molecule has 2 aromatic rings. The van der Waals surface area contributed by atoms with Crippen LogP contribution < -0.4 is 5.32 Å². The third-order valence-electron chi connectivity index (χ3n) is 3.25. The molecule has 3 rings (SSSR count). The Hall–Kier alpha value is -1.82. The number of amides is 2. The Labute approximate surface area is 117 Å². The van der Waals surface area contributed by atoms with Crippen molar-refractivity contribution < 1.29 is 9.59 Å². The first-order valence-corrected chi connectivity index (χ1v) is 6.69. The second kappa shape index (κ2) is 4.70. The zero-order valence-corrected chi connectivity index (χ0v) is 11.5. The maximum absolute atomic E-state index is 11.9. The molecule has 96 valence electrons. The highest BCUT2D eigenvalue weighted by molar-refractivity contribution is 9.10. The van der Waals surface area contributed by atoms with Gasteiger partial charge in [-0.1, -0.05) is 28.1 Å². The highest BCUT2D eigenvalue weighted by Gasteiger charge is 2.30. The summed E-state index contributed by atoms with van der Waals surface area (Å²) >= 11 is 3.46. The van der Waals surface area contributed by atoms with E-state index in [1.165, 1.54) is 0 Å². The molecule has 5 nitrogen and oxygen atoms in total. The smallest absolute Gasteiger partial charge is 0.235 e. The number of aromatic nitrogens is 2. The lowest BCUT2D eigenvalue weighted by molar-refractivity contribution is -0.134. The van der Waals surface area contributed by atoms with E-state index in [1.54, 1.807) is 6.20 Å². The molecule has 0 aliphatic carbocycles. The zero-order chi connectivity index (χ0) is 13.4. The lowest BCUT2D eigenvalue weighted by Gasteiger charge is -2.20. The molecule has 19 heavy (non-hydrogen) atoms. The predicted molar refractivity (Wildman–Crippen MR) is 72.4 cm³/mol. The molecule has 2 amide bonds. The molecule has 1 aliphatic heterocycles. The van der Waals surface area contributed by atoms with Crippen LogP contribution in [0.2, 0.25) is 0 Å². The highest BCUT2D eigenvalue weighted by atomic mass is 79.9. The van der Waals surface area contributed by atoms with Crippen molar-refractivity contribution in [2.75, 3.05) is 0 Å². The molecule has 0 bridgehead atoms.